The standard InChI is InChI=1S/C6H13N3O/c7-1-2-8-5-3-6(10)9-4-5/h5,8H,1-4,7H2,(H,9,10). The molecule has 0 aromatic rings. The lowest BCUT2D eigenvalue weighted by Crippen LogP contribution is -2.34. The summed E-state index contributed by atoms with van der Waals surface area (Å²) in [6.07, 6.45) is 0.597. The lowest BCUT2D eigenvalue weighted by atomic mass is 10.2. The molecule has 0 saturated carbocycles. The number of hydrogen-bond donors (Lipinski definition) is 3. The fraction of sp³-hybridized carbons (Fsp3) is 0.833. The van der Waals surface area contributed by atoms with Gasteiger partial charge in [-0.2, -0.15) is 0 Å². The van der Waals surface area contributed by atoms with Gasteiger partial charge in [-0.15, -0.1) is 0 Å². The molecule has 4 nitrogen and oxygen atoms in total. The Bertz CT molecular complexity index is 126. The van der Waals surface area contributed by atoms with Crippen molar-refractivity contribution in [3.63, 3.8) is 0 Å². The normalized spacial score (nSPS) is 24.9. The van der Waals surface area contributed by atoms with Crippen LogP contribution in [0.3, 0.4) is 0 Å². The molecule has 10 heavy (non-hydrogen) atoms. The van der Waals surface area contributed by atoms with Crippen LogP contribution in [0.15, 0.2) is 0 Å². The molecule has 0 aromatic carbocycles. The van der Waals surface area contributed by atoms with Crippen molar-refractivity contribution in [1.29, 1.82) is 0 Å². The van der Waals surface area contributed by atoms with E-state index in [9.17, 15) is 4.79 Å². The highest BCUT2D eigenvalue weighted by molar-refractivity contribution is 5.78. The van der Waals surface area contributed by atoms with Gasteiger partial charge in [-0.05, 0) is 0 Å². The monoisotopic (exact) mass is 143 g/mol. The van der Waals surface area contributed by atoms with Gasteiger partial charge in [0.15, 0.2) is 0 Å². The molecule has 1 aliphatic heterocycles. The van der Waals surface area contributed by atoms with Crippen LogP contribution >= 0.6 is 0 Å². The maximum Gasteiger partial charge on any atom is 0.221 e. The summed E-state index contributed by atoms with van der Waals surface area (Å²) in [5.41, 5.74) is 5.27. The first kappa shape index (κ1) is 7.50. The van der Waals surface area contributed by atoms with Crippen LogP contribution in [0.2, 0.25) is 0 Å². The zero-order valence-electron chi connectivity index (χ0n) is 5.89. The van der Waals surface area contributed by atoms with E-state index < -0.39 is 0 Å². The van der Waals surface area contributed by atoms with Crippen molar-refractivity contribution in [2.45, 2.75) is 12.5 Å². The van der Waals surface area contributed by atoms with Gasteiger partial charge in [0.1, 0.15) is 0 Å². The Morgan fingerprint density at radius 2 is 2.60 bits per heavy atom. The van der Waals surface area contributed by atoms with Crippen molar-refractivity contribution in [2.75, 3.05) is 19.6 Å². The first-order valence-electron chi connectivity index (χ1n) is 3.53. The number of rotatable bonds is 3. The van der Waals surface area contributed by atoms with E-state index in [1.165, 1.54) is 0 Å². The minimum absolute atomic E-state index is 0.134. The predicted molar refractivity (Wildman–Crippen MR) is 38.5 cm³/mol. The van der Waals surface area contributed by atoms with E-state index in [4.69, 9.17) is 5.73 Å². The van der Waals surface area contributed by atoms with Crippen LogP contribution in [0.5, 0.6) is 0 Å². The molecule has 0 bridgehead atoms. The Hall–Kier alpha value is -0.610. The third-order valence-corrected chi connectivity index (χ3v) is 1.55. The summed E-state index contributed by atoms with van der Waals surface area (Å²) < 4.78 is 0. The van der Waals surface area contributed by atoms with Crippen molar-refractivity contribution >= 4 is 5.91 Å². The van der Waals surface area contributed by atoms with Crippen molar-refractivity contribution < 1.29 is 4.79 Å². The van der Waals surface area contributed by atoms with Gasteiger partial charge >= 0.3 is 0 Å². The van der Waals surface area contributed by atoms with E-state index in [1.54, 1.807) is 0 Å². The number of carbonyl (C=O) groups is 1. The summed E-state index contributed by atoms with van der Waals surface area (Å²) in [6, 6.07) is 0.302. The van der Waals surface area contributed by atoms with Gasteiger partial charge in [0, 0.05) is 32.1 Å². The molecule has 1 unspecified atom stereocenters. The SMILES string of the molecule is NCCNC1CNC(=O)C1. The molecule has 0 spiro atoms. The molecule has 1 aliphatic rings. The number of hydrogen-bond acceptors (Lipinski definition) is 3. The zero-order valence-corrected chi connectivity index (χ0v) is 5.89. The van der Waals surface area contributed by atoms with Gasteiger partial charge in [-0.3, -0.25) is 4.79 Å². The topological polar surface area (TPSA) is 67.2 Å². The van der Waals surface area contributed by atoms with Crippen molar-refractivity contribution in [2.24, 2.45) is 5.73 Å². The third kappa shape index (κ3) is 1.97. The average molecular weight is 143 g/mol. The van der Waals surface area contributed by atoms with Gasteiger partial charge in [0.2, 0.25) is 5.91 Å². The maximum atomic E-state index is 10.6. The van der Waals surface area contributed by atoms with E-state index in [2.05, 4.69) is 10.6 Å². The highest BCUT2D eigenvalue weighted by Crippen LogP contribution is 1.97. The zero-order chi connectivity index (χ0) is 7.40. The Balaban J connectivity index is 2.12. The largest absolute Gasteiger partial charge is 0.354 e. The molecule has 0 radical (unpaired) electrons. The minimum atomic E-state index is 0.134. The van der Waals surface area contributed by atoms with Gasteiger partial charge < -0.3 is 16.4 Å². The number of nitrogens with two attached hydrogens (primary N) is 1. The smallest absolute Gasteiger partial charge is 0.221 e. The van der Waals surface area contributed by atoms with Crippen LogP contribution < -0.4 is 16.4 Å². The molecule has 0 aromatic heterocycles. The summed E-state index contributed by atoms with van der Waals surface area (Å²) in [7, 11) is 0. The molecule has 58 valence electrons. The molecule has 4 heteroatoms. The summed E-state index contributed by atoms with van der Waals surface area (Å²) in [4.78, 5) is 10.6. The Labute approximate surface area is 60.2 Å². The van der Waals surface area contributed by atoms with Gasteiger partial charge in [0.05, 0.1) is 0 Å². The minimum Gasteiger partial charge on any atom is -0.354 e. The van der Waals surface area contributed by atoms with Crippen molar-refractivity contribution in [3.8, 4) is 0 Å². The van der Waals surface area contributed by atoms with Crippen LogP contribution in [-0.2, 0) is 4.79 Å². The number of carbonyl (C=O) groups excluding carboxylic acids is 1. The molecule has 0 aliphatic carbocycles. The fourth-order valence-corrected chi connectivity index (χ4v) is 1.04. The summed E-state index contributed by atoms with van der Waals surface area (Å²) >= 11 is 0. The van der Waals surface area contributed by atoms with Crippen LogP contribution in [0.25, 0.3) is 0 Å². The first-order chi connectivity index (χ1) is 4.83. The average Bonchev–Trinajstić information content (AvgIpc) is 2.31. The van der Waals surface area contributed by atoms with E-state index in [0.29, 0.717) is 19.0 Å². The molecule has 1 heterocycles. The summed E-state index contributed by atoms with van der Waals surface area (Å²) in [6.45, 7) is 2.17. The summed E-state index contributed by atoms with van der Waals surface area (Å²) in [5.74, 6) is 0.134. The highest BCUT2D eigenvalue weighted by atomic mass is 16.1. The van der Waals surface area contributed by atoms with E-state index in [-0.39, 0.29) is 5.91 Å². The second-order valence-corrected chi connectivity index (χ2v) is 2.45. The molecule has 1 rings (SSSR count). The number of nitrogens with one attached hydrogen (secondary N) is 2. The molecule has 4 N–H and O–H groups in total. The van der Waals surface area contributed by atoms with Crippen LogP contribution in [0, 0.1) is 0 Å². The van der Waals surface area contributed by atoms with Crippen LogP contribution in [0.4, 0.5) is 0 Å². The highest BCUT2D eigenvalue weighted by Gasteiger charge is 2.19. The van der Waals surface area contributed by atoms with E-state index in [1.807, 2.05) is 0 Å². The van der Waals surface area contributed by atoms with E-state index in [0.717, 1.165) is 13.1 Å². The lowest BCUT2D eigenvalue weighted by Gasteiger charge is -2.07. The molecule has 1 fully saturated rings. The molecule has 1 amide bonds. The summed E-state index contributed by atoms with van der Waals surface area (Å²) in [5, 5.41) is 5.89. The molecular weight excluding hydrogens is 130 g/mol. The van der Waals surface area contributed by atoms with Crippen molar-refractivity contribution in [1.82, 2.24) is 10.6 Å². The Kier molecular flexibility index (Phi) is 2.65. The quantitative estimate of drug-likeness (QED) is 0.447. The third-order valence-electron chi connectivity index (χ3n) is 1.55. The lowest BCUT2D eigenvalue weighted by molar-refractivity contribution is -0.119. The molecule has 1 saturated heterocycles. The molecule has 1 atom stereocenters. The van der Waals surface area contributed by atoms with Gasteiger partial charge in [0.25, 0.3) is 0 Å². The van der Waals surface area contributed by atoms with Gasteiger partial charge in [-0.1, -0.05) is 0 Å². The number of amides is 1. The van der Waals surface area contributed by atoms with E-state index >= 15 is 0 Å². The molecular formula is C6H13N3O. The maximum absolute atomic E-state index is 10.6. The van der Waals surface area contributed by atoms with Crippen molar-refractivity contribution in [3.05, 3.63) is 0 Å². The van der Waals surface area contributed by atoms with Gasteiger partial charge in [-0.25, -0.2) is 0 Å². The Morgan fingerprint density at radius 1 is 1.80 bits per heavy atom. The second kappa shape index (κ2) is 3.53. The predicted octanol–water partition coefficient (Wildman–Crippen LogP) is -1.58. The van der Waals surface area contributed by atoms with Crippen LogP contribution in [-0.4, -0.2) is 31.6 Å². The van der Waals surface area contributed by atoms with Crippen LogP contribution in [0.1, 0.15) is 6.42 Å². The second-order valence-electron chi connectivity index (χ2n) is 2.45. The fourth-order valence-electron chi connectivity index (χ4n) is 1.04. The Morgan fingerprint density at radius 3 is 3.10 bits per heavy atom. The first-order valence-corrected chi connectivity index (χ1v) is 3.53.